The number of hydrogen-bond donors (Lipinski definition) is 0. The molecule has 2 aromatic carbocycles. The van der Waals surface area contributed by atoms with Gasteiger partial charge < -0.3 is 4.90 Å². The number of amides is 1. The third-order valence-corrected chi connectivity index (χ3v) is 6.06. The Balaban J connectivity index is 1.49. The van der Waals surface area contributed by atoms with Crippen LogP contribution in [0.25, 0.3) is 0 Å². The van der Waals surface area contributed by atoms with Crippen LogP contribution in [0.1, 0.15) is 24.5 Å². The summed E-state index contributed by atoms with van der Waals surface area (Å²) in [5, 5.41) is 0.105. The van der Waals surface area contributed by atoms with E-state index in [1.807, 2.05) is 55.5 Å². The van der Waals surface area contributed by atoms with Crippen molar-refractivity contribution in [3.05, 3.63) is 71.8 Å². The van der Waals surface area contributed by atoms with Gasteiger partial charge in [-0.15, -0.1) is 11.8 Å². The zero-order chi connectivity index (χ0) is 17.6. The number of Topliss-reactive ketones (excluding diaryl/α,β-unsaturated/α-hetero) is 1. The van der Waals surface area contributed by atoms with Gasteiger partial charge in [0.2, 0.25) is 5.91 Å². The Morgan fingerprint density at radius 2 is 1.60 bits per heavy atom. The van der Waals surface area contributed by atoms with E-state index >= 15 is 0 Å². The summed E-state index contributed by atoms with van der Waals surface area (Å²) >= 11 is 1.75. The van der Waals surface area contributed by atoms with Crippen LogP contribution in [0.4, 0.5) is 0 Å². The Morgan fingerprint density at radius 3 is 2.24 bits per heavy atom. The van der Waals surface area contributed by atoms with E-state index in [1.54, 1.807) is 16.7 Å². The second kappa shape index (κ2) is 8.34. The van der Waals surface area contributed by atoms with Crippen molar-refractivity contribution in [2.75, 3.05) is 6.54 Å². The first-order valence-electron chi connectivity index (χ1n) is 8.67. The van der Waals surface area contributed by atoms with Crippen molar-refractivity contribution in [3.8, 4) is 0 Å². The molecule has 1 saturated heterocycles. The molecule has 1 aliphatic heterocycles. The molecule has 1 heterocycles. The monoisotopic (exact) mass is 353 g/mol. The molecule has 4 heteroatoms. The fraction of sp³-hybridized carbons (Fsp3) is 0.333. The van der Waals surface area contributed by atoms with Gasteiger partial charge in [0, 0.05) is 12.2 Å². The molecule has 0 aliphatic carbocycles. The predicted octanol–water partition coefficient (Wildman–Crippen LogP) is 3.93. The lowest BCUT2D eigenvalue weighted by Gasteiger charge is -2.45. The summed E-state index contributed by atoms with van der Waals surface area (Å²) in [5.74, 6) is 1.08. The molecular formula is C21H23NO2S. The van der Waals surface area contributed by atoms with Gasteiger partial charge in [0.15, 0.2) is 5.78 Å². The second-order valence-corrected chi connectivity index (χ2v) is 7.57. The highest BCUT2D eigenvalue weighted by Crippen LogP contribution is 2.36. The molecule has 0 aromatic heterocycles. The minimum absolute atomic E-state index is 0.00404. The van der Waals surface area contributed by atoms with Crippen molar-refractivity contribution in [3.63, 3.8) is 0 Å². The van der Waals surface area contributed by atoms with Gasteiger partial charge in [0.25, 0.3) is 0 Å². The maximum atomic E-state index is 12.3. The molecule has 0 radical (unpaired) electrons. The third kappa shape index (κ3) is 4.51. The van der Waals surface area contributed by atoms with Crippen molar-refractivity contribution in [1.29, 1.82) is 0 Å². The number of likely N-dealkylation sites (tertiary alicyclic amines) is 1. The maximum Gasteiger partial charge on any atom is 0.229 e. The van der Waals surface area contributed by atoms with Gasteiger partial charge in [0.05, 0.1) is 17.8 Å². The summed E-state index contributed by atoms with van der Waals surface area (Å²) in [7, 11) is 0. The standard InChI is InChI=1S/C21H23NO2S/c1-16-20(24)22(21(16)25-15-18-10-6-3-7-11-18)14-19(23)13-12-17-8-4-2-5-9-17/h2-11,16,21H,12-15H2,1H3/t16-,21+/m1/s1. The van der Waals surface area contributed by atoms with E-state index in [4.69, 9.17) is 0 Å². The molecular weight excluding hydrogens is 330 g/mol. The van der Waals surface area contributed by atoms with Gasteiger partial charge in [-0.3, -0.25) is 9.59 Å². The molecule has 0 bridgehead atoms. The van der Waals surface area contributed by atoms with E-state index in [9.17, 15) is 9.59 Å². The molecule has 2 atom stereocenters. The van der Waals surface area contributed by atoms with Crippen molar-refractivity contribution in [1.82, 2.24) is 4.90 Å². The molecule has 0 spiro atoms. The number of aryl methyl sites for hydroxylation is 1. The van der Waals surface area contributed by atoms with Gasteiger partial charge in [-0.05, 0) is 17.5 Å². The van der Waals surface area contributed by atoms with Gasteiger partial charge in [-0.25, -0.2) is 0 Å². The van der Waals surface area contributed by atoms with Crippen LogP contribution in [0.15, 0.2) is 60.7 Å². The van der Waals surface area contributed by atoms with E-state index < -0.39 is 0 Å². The van der Waals surface area contributed by atoms with Crippen molar-refractivity contribution in [2.24, 2.45) is 5.92 Å². The molecule has 130 valence electrons. The van der Waals surface area contributed by atoms with E-state index in [0.29, 0.717) is 6.42 Å². The summed E-state index contributed by atoms with van der Waals surface area (Å²) in [5.41, 5.74) is 2.41. The van der Waals surface area contributed by atoms with Gasteiger partial charge in [-0.1, -0.05) is 67.6 Å². The molecule has 0 unspecified atom stereocenters. The Kier molecular flexibility index (Phi) is 5.92. The molecule has 1 aliphatic rings. The predicted molar refractivity (Wildman–Crippen MR) is 102 cm³/mol. The number of nitrogens with zero attached hydrogens (tertiary/aromatic N) is 1. The minimum Gasteiger partial charge on any atom is -0.322 e. The number of thioether (sulfide) groups is 1. The molecule has 3 rings (SSSR count). The van der Waals surface area contributed by atoms with Crippen LogP contribution in [0.3, 0.4) is 0 Å². The lowest BCUT2D eigenvalue weighted by Crippen LogP contribution is -2.59. The number of benzene rings is 2. The highest BCUT2D eigenvalue weighted by atomic mass is 32.2. The molecule has 0 saturated carbocycles. The lowest BCUT2D eigenvalue weighted by atomic mass is 9.99. The Labute approximate surface area is 153 Å². The van der Waals surface area contributed by atoms with Crippen LogP contribution in [0.2, 0.25) is 0 Å². The summed E-state index contributed by atoms with van der Waals surface area (Å²) in [6, 6.07) is 20.2. The minimum atomic E-state index is -0.00404. The Bertz CT molecular complexity index is 717. The van der Waals surface area contributed by atoms with E-state index in [1.165, 1.54) is 5.56 Å². The van der Waals surface area contributed by atoms with Crippen molar-refractivity contribution < 1.29 is 9.59 Å². The van der Waals surface area contributed by atoms with Crippen LogP contribution in [-0.4, -0.2) is 28.5 Å². The topological polar surface area (TPSA) is 37.4 Å². The van der Waals surface area contributed by atoms with Gasteiger partial charge in [0.1, 0.15) is 0 Å². The fourth-order valence-corrected chi connectivity index (χ4v) is 4.37. The zero-order valence-electron chi connectivity index (χ0n) is 14.4. The summed E-state index contributed by atoms with van der Waals surface area (Å²) < 4.78 is 0. The fourth-order valence-electron chi connectivity index (χ4n) is 3.05. The van der Waals surface area contributed by atoms with Crippen LogP contribution in [0, 0.1) is 5.92 Å². The SMILES string of the molecule is C[C@@H]1C(=O)N(CC(=O)CCc2ccccc2)[C@H]1SCc1ccccc1. The van der Waals surface area contributed by atoms with E-state index in [0.717, 1.165) is 17.7 Å². The first-order chi connectivity index (χ1) is 12.1. The van der Waals surface area contributed by atoms with Gasteiger partial charge >= 0.3 is 0 Å². The second-order valence-electron chi connectivity index (χ2n) is 6.47. The number of rotatable bonds is 8. The largest absolute Gasteiger partial charge is 0.322 e. The van der Waals surface area contributed by atoms with Gasteiger partial charge in [-0.2, -0.15) is 0 Å². The first kappa shape index (κ1) is 17.7. The smallest absolute Gasteiger partial charge is 0.229 e. The molecule has 25 heavy (non-hydrogen) atoms. The third-order valence-electron chi connectivity index (χ3n) is 4.55. The van der Waals surface area contributed by atoms with E-state index in [-0.39, 0.29) is 29.5 Å². The summed E-state index contributed by atoms with van der Waals surface area (Å²) in [4.78, 5) is 26.2. The molecule has 3 nitrogen and oxygen atoms in total. The quantitative estimate of drug-likeness (QED) is 0.675. The van der Waals surface area contributed by atoms with Crippen LogP contribution < -0.4 is 0 Å². The van der Waals surface area contributed by atoms with Crippen LogP contribution in [0.5, 0.6) is 0 Å². The van der Waals surface area contributed by atoms with Crippen LogP contribution >= 0.6 is 11.8 Å². The zero-order valence-corrected chi connectivity index (χ0v) is 15.2. The first-order valence-corrected chi connectivity index (χ1v) is 9.71. The number of hydrogen-bond acceptors (Lipinski definition) is 3. The number of carbonyl (C=O) groups excluding carboxylic acids is 2. The number of β-lactam (4-membered cyclic amide) rings is 1. The Hall–Kier alpha value is -2.07. The maximum absolute atomic E-state index is 12.3. The Morgan fingerprint density at radius 1 is 1.00 bits per heavy atom. The van der Waals surface area contributed by atoms with Crippen LogP contribution in [-0.2, 0) is 21.8 Å². The van der Waals surface area contributed by atoms with Crippen molar-refractivity contribution in [2.45, 2.75) is 30.9 Å². The van der Waals surface area contributed by atoms with E-state index in [2.05, 4.69) is 12.1 Å². The molecule has 2 aromatic rings. The summed E-state index contributed by atoms with van der Waals surface area (Å²) in [6.45, 7) is 2.19. The normalized spacial score (nSPS) is 19.6. The van der Waals surface area contributed by atoms with Crippen molar-refractivity contribution >= 4 is 23.5 Å². The molecule has 1 fully saturated rings. The number of ketones is 1. The summed E-state index contributed by atoms with van der Waals surface area (Å²) in [6.07, 6.45) is 1.22. The lowest BCUT2D eigenvalue weighted by molar-refractivity contribution is -0.151. The average Bonchev–Trinajstić information content (AvgIpc) is 2.67. The highest BCUT2D eigenvalue weighted by Gasteiger charge is 2.44. The molecule has 1 amide bonds. The average molecular weight is 353 g/mol. The number of carbonyl (C=O) groups is 2. The molecule has 0 N–H and O–H groups in total. The highest BCUT2D eigenvalue weighted by molar-refractivity contribution is 7.99.